The number of nitrogens with two attached hydrogens (primary N) is 1. The lowest BCUT2D eigenvalue weighted by atomic mass is 9.75. The molecule has 3 N–H and O–H groups in total. The minimum Gasteiger partial charge on any atom is -0.399 e. The van der Waals surface area contributed by atoms with Crippen molar-refractivity contribution in [2.75, 3.05) is 23.7 Å². The normalized spacial score (nSPS) is 26.7. The van der Waals surface area contributed by atoms with E-state index in [0.29, 0.717) is 0 Å². The summed E-state index contributed by atoms with van der Waals surface area (Å²) in [5, 5.41) is 0. The lowest BCUT2D eigenvalue weighted by molar-refractivity contribution is 0.201. The predicted octanol–water partition coefficient (Wildman–Crippen LogP) is 3.16. The van der Waals surface area contributed by atoms with Crippen LogP contribution < -0.4 is 10.6 Å². The van der Waals surface area contributed by atoms with Crippen LogP contribution in [0.5, 0.6) is 0 Å². The molecular formula is C16H22N4. The van der Waals surface area contributed by atoms with Gasteiger partial charge in [0.05, 0.1) is 11.0 Å². The van der Waals surface area contributed by atoms with Crippen LogP contribution >= 0.6 is 0 Å². The van der Waals surface area contributed by atoms with Crippen molar-refractivity contribution in [1.82, 2.24) is 9.97 Å². The maximum absolute atomic E-state index is 5.84. The minimum atomic E-state index is 0.790. The molecule has 1 aliphatic carbocycles. The van der Waals surface area contributed by atoms with Crippen LogP contribution in [-0.2, 0) is 0 Å². The first-order chi connectivity index (χ1) is 9.79. The minimum absolute atomic E-state index is 0.790. The Balaban J connectivity index is 1.59. The van der Waals surface area contributed by atoms with E-state index in [0.717, 1.165) is 41.0 Å². The fourth-order valence-electron chi connectivity index (χ4n) is 3.96. The van der Waals surface area contributed by atoms with Crippen molar-refractivity contribution in [3.63, 3.8) is 0 Å². The van der Waals surface area contributed by atoms with Gasteiger partial charge in [-0.05, 0) is 42.9 Å². The summed E-state index contributed by atoms with van der Waals surface area (Å²) in [6.07, 6.45) is 7.00. The Labute approximate surface area is 119 Å². The summed E-state index contributed by atoms with van der Waals surface area (Å²) in [6, 6.07) is 5.89. The van der Waals surface area contributed by atoms with Crippen LogP contribution in [-0.4, -0.2) is 23.1 Å². The van der Waals surface area contributed by atoms with Gasteiger partial charge in [-0.25, -0.2) is 4.98 Å². The summed E-state index contributed by atoms with van der Waals surface area (Å²) in [5.74, 6) is 2.85. The average molecular weight is 270 g/mol. The molecule has 1 aromatic heterocycles. The van der Waals surface area contributed by atoms with Crippen LogP contribution in [0.2, 0.25) is 0 Å². The number of hydrogen-bond acceptors (Lipinski definition) is 3. The topological polar surface area (TPSA) is 57.9 Å². The van der Waals surface area contributed by atoms with Gasteiger partial charge in [0.15, 0.2) is 0 Å². The summed E-state index contributed by atoms with van der Waals surface area (Å²) in [4.78, 5) is 10.6. The molecule has 4 heteroatoms. The van der Waals surface area contributed by atoms with E-state index >= 15 is 0 Å². The fourth-order valence-corrected chi connectivity index (χ4v) is 3.96. The number of benzene rings is 1. The SMILES string of the molecule is Nc1ccc2nc(N3CCC4CCCCC4C3)[nH]c2c1. The maximum Gasteiger partial charge on any atom is 0.203 e. The Morgan fingerprint density at radius 3 is 2.90 bits per heavy atom. The van der Waals surface area contributed by atoms with Gasteiger partial charge in [-0.2, -0.15) is 0 Å². The van der Waals surface area contributed by atoms with E-state index in [1.165, 1.54) is 38.6 Å². The van der Waals surface area contributed by atoms with E-state index in [-0.39, 0.29) is 0 Å². The van der Waals surface area contributed by atoms with Crippen molar-refractivity contribution in [3.05, 3.63) is 18.2 Å². The third kappa shape index (κ3) is 2.03. The third-order valence-electron chi connectivity index (χ3n) is 5.08. The van der Waals surface area contributed by atoms with Crippen molar-refractivity contribution >= 4 is 22.7 Å². The van der Waals surface area contributed by atoms with Crippen molar-refractivity contribution in [1.29, 1.82) is 0 Å². The number of anilines is 2. The molecule has 1 saturated carbocycles. The van der Waals surface area contributed by atoms with E-state index in [1.54, 1.807) is 0 Å². The Kier molecular flexibility index (Phi) is 2.83. The highest BCUT2D eigenvalue weighted by Crippen LogP contribution is 2.37. The molecule has 1 aromatic carbocycles. The number of aromatic nitrogens is 2. The van der Waals surface area contributed by atoms with E-state index in [4.69, 9.17) is 10.7 Å². The van der Waals surface area contributed by atoms with Gasteiger partial charge in [0.2, 0.25) is 5.95 Å². The number of H-pyrrole nitrogens is 1. The number of aromatic amines is 1. The van der Waals surface area contributed by atoms with Crippen LogP contribution in [0.15, 0.2) is 18.2 Å². The predicted molar refractivity (Wildman–Crippen MR) is 82.8 cm³/mol. The highest BCUT2D eigenvalue weighted by Gasteiger charge is 2.31. The van der Waals surface area contributed by atoms with Gasteiger partial charge in [-0.1, -0.05) is 19.3 Å². The summed E-state index contributed by atoms with van der Waals surface area (Å²) in [6.45, 7) is 2.30. The molecule has 4 rings (SSSR count). The van der Waals surface area contributed by atoms with E-state index in [1.807, 2.05) is 18.2 Å². The van der Waals surface area contributed by atoms with Crippen LogP contribution in [0.3, 0.4) is 0 Å². The van der Waals surface area contributed by atoms with Crippen molar-refractivity contribution in [2.45, 2.75) is 32.1 Å². The molecule has 2 unspecified atom stereocenters. The molecule has 2 fully saturated rings. The Morgan fingerprint density at radius 1 is 1.15 bits per heavy atom. The number of fused-ring (bicyclic) bond motifs is 2. The molecular weight excluding hydrogens is 248 g/mol. The quantitative estimate of drug-likeness (QED) is 0.783. The molecule has 1 aliphatic heterocycles. The van der Waals surface area contributed by atoms with E-state index in [2.05, 4.69) is 9.88 Å². The Bertz CT molecular complexity index is 618. The molecule has 106 valence electrons. The van der Waals surface area contributed by atoms with Crippen molar-refractivity contribution < 1.29 is 0 Å². The number of rotatable bonds is 1. The van der Waals surface area contributed by atoms with Gasteiger partial charge in [0.1, 0.15) is 0 Å². The summed E-state index contributed by atoms with van der Waals surface area (Å²) < 4.78 is 0. The molecule has 2 atom stereocenters. The monoisotopic (exact) mass is 270 g/mol. The molecule has 4 nitrogen and oxygen atoms in total. The molecule has 2 aromatic rings. The number of nitrogens with zero attached hydrogens (tertiary/aromatic N) is 2. The average Bonchev–Trinajstić information content (AvgIpc) is 2.89. The van der Waals surface area contributed by atoms with Gasteiger partial charge in [-0.15, -0.1) is 0 Å². The number of hydrogen-bond donors (Lipinski definition) is 2. The molecule has 0 amide bonds. The fraction of sp³-hybridized carbons (Fsp3) is 0.562. The molecule has 1 saturated heterocycles. The molecule has 0 radical (unpaired) electrons. The molecule has 0 spiro atoms. The zero-order valence-electron chi connectivity index (χ0n) is 11.8. The number of piperidine rings is 1. The van der Waals surface area contributed by atoms with Crippen molar-refractivity contribution in [3.8, 4) is 0 Å². The Hall–Kier alpha value is -1.71. The second-order valence-corrected chi connectivity index (χ2v) is 6.38. The summed E-state index contributed by atoms with van der Waals surface area (Å²) in [7, 11) is 0. The zero-order valence-corrected chi connectivity index (χ0v) is 11.8. The van der Waals surface area contributed by atoms with Crippen LogP contribution in [0.25, 0.3) is 11.0 Å². The van der Waals surface area contributed by atoms with Gasteiger partial charge in [0, 0.05) is 18.8 Å². The summed E-state index contributed by atoms with van der Waals surface area (Å²) in [5.41, 5.74) is 8.69. The summed E-state index contributed by atoms with van der Waals surface area (Å²) >= 11 is 0. The largest absolute Gasteiger partial charge is 0.399 e. The Morgan fingerprint density at radius 2 is 2.00 bits per heavy atom. The highest BCUT2D eigenvalue weighted by molar-refractivity contribution is 5.80. The van der Waals surface area contributed by atoms with Gasteiger partial charge >= 0.3 is 0 Å². The maximum atomic E-state index is 5.84. The second kappa shape index (κ2) is 4.69. The zero-order chi connectivity index (χ0) is 13.5. The van der Waals surface area contributed by atoms with Crippen LogP contribution in [0.1, 0.15) is 32.1 Å². The molecule has 20 heavy (non-hydrogen) atoms. The standard InChI is InChI=1S/C16H22N4/c17-13-5-6-14-15(9-13)19-16(18-14)20-8-7-11-3-1-2-4-12(11)10-20/h5-6,9,11-12H,1-4,7-8,10,17H2,(H,18,19). The number of nitrogens with one attached hydrogen (secondary N) is 1. The van der Waals surface area contributed by atoms with Gasteiger partial charge in [0.25, 0.3) is 0 Å². The lowest BCUT2D eigenvalue weighted by Crippen LogP contribution is -2.42. The van der Waals surface area contributed by atoms with Crippen LogP contribution in [0.4, 0.5) is 11.6 Å². The first-order valence-electron chi connectivity index (χ1n) is 7.80. The van der Waals surface area contributed by atoms with Gasteiger partial charge < -0.3 is 15.6 Å². The first-order valence-corrected chi connectivity index (χ1v) is 7.80. The smallest absolute Gasteiger partial charge is 0.203 e. The van der Waals surface area contributed by atoms with Crippen LogP contribution in [0, 0.1) is 11.8 Å². The number of imidazole rings is 1. The number of nitrogen functional groups attached to an aromatic ring is 1. The van der Waals surface area contributed by atoms with Crippen molar-refractivity contribution in [2.24, 2.45) is 11.8 Å². The molecule has 0 bridgehead atoms. The van der Waals surface area contributed by atoms with Gasteiger partial charge in [-0.3, -0.25) is 0 Å². The third-order valence-corrected chi connectivity index (χ3v) is 5.08. The highest BCUT2D eigenvalue weighted by atomic mass is 15.3. The van der Waals surface area contributed by atoms with E-state index in [9.17, 15) is 0 Å². The first kappa shape index (κ1) is 12.1. The molecule has 2 aliphatic rings. The lowest BCUT2D eigenvalue weighted by Gasteiger charge is -2.41. The van der Waals surface area contributed by atoms with E-state index < -0.39 is 0 Å². The second-order valence-electron chi connectivity index (χ2n) is 6.38. The molecule has 2 heterocycles.